The quantitative estimate of drug-likeness (QED) is 0.104. The fourth-order valence-electron chi connectivity index (χ4n) is 4.90. The molecule has 2 aromatic rings. The van der Waals surface area contributed by atoms with E-state index in [1.807, 2.05) is 6.07 Å². The minimum atomic E-state index is -3.97. The number of fused-ring (bicyclic) bond motifs is 1. The first kappa shape index (κ1) is 36.4. The van der Waals surface area contributed by atoms with Gasteiger partial charge in [-0.3, -0.25) is 9.10 Å². The molecule has 0 saturated heterocycles. The van der Waals surface area contributed by atoms with Gasteiger partial charge in [0.15, 0.2) is 5.38 Å². The summed E-state index contributed by atoms with van der Waals surface area (Å²) in [5.41, 5.74) is 1.91. The molecular formula is C34H50ClN3O4S2. The molecule has 244 valence electrons. The second-order valence-corrected chi connectivity index (χ2v) is 15.7. The molecule has 1 amide bonds. The van der Waals surface area contributed by atoms with Crippen molar-refractivity contribution in [3.8, 4) is 0 Å². The van der Waals surface area contributed by atoms with E-state index < -0.39 is 21.3 Å². The van der Waals surface area contributed by atoms with Gasteiger partial charge in [0.25, 0.3) is 10.0 Å². The van der Waals surface area contributed by atoms with Crippen molar-refractivity contribution in [2.75, 3.05) is 30.8 Å². The van der Waals surface area contributed by atoms with Crippen LogP contribution in [-0.4, -0.2) is 55.4 Å². The van der Waals surface area contributed by atoms with Crippen molar-refractivity contribution in [1.82, 2.24) is 4.31 Å². The molecule has 0 saturated carbocycles. The van der Waals surface area contributed by atoms with Crippen LogP contribution in [0.1, 0.15) is 92.1 Å². The van der Waals surface area contributed by atoms with Gasteiger partial charge in [0.1, 0.15) is 10.7 Å². The highest BCUT2D eigenvalue weighted by atomic mass is 35.5. The third-order valence-electron chi connectivity index (χ3n) is 7.79. The van der Waals surface area contributed by atoms with Gasteiger partial charge in [0.05, 0.1) is 11.4 Å². The van der Waals surface area contributed by atoms with E-state index in [0.29, 0.717) is 31.2 Å². The van der Waals surface area contributed by atoms with Crippen LogP contribution in [0.4, 0.5) is 11.4 Å². The number of amidine groups is 1. The number of thioether (sulfide) groups is 1. The predicted molar refractivity (Wildman–Crippen MR) is 185 cm³/mol. The Kier molecular flexibility index (Phi) is 14.1. The van der Waals surface area contributed by atoms with E-state index in [1.54, 1.807) is 30.0 Å². The van der Waals surface area contributed by atoms with Crippen LogP contribution >= 0.6 is 23.4 Å². The Morgan fingerprint density at radius 2 is 1.75 bits per heavy atom. The molecule has 0 radical (unpaired) electrons. The second-order valence-electron chi connectivity index (χ2n) is 12.4. The van der Waals surface area contributed by atoms with Gasteiger partial charge in [-0.05, 0) is 60.4 Å². The lowest BCUT2D eigenvalue weighted by atomic mass is 9.87. The minimum absolute atomic E-state index is 0.00298. The summed E-state index contributed by atoms with van der Waals surface area (Å²) in [5, 5.41) is 1.72. The van der Waals surface area contributed by atoms with E-state index in [4.69, 9.17) is 16.3 Å². The summed E-state index contributed by atoms with van der Waals surface area (Å²) in [6, 6.07) is 12.7. The summed E-state index contributed by atoms with van der Waals surface area (Å²) in [5.74, 6) is 1.03. The average Bonchev–Trinajstić information content (AvgIpc) is 2.99. The fraction of sp³-hybridized carbons (Fsp3) is 0.588. The number of nitrogens with zero attached hydrogens (tertiary/aromatic N) is 2. The predicted octanol–water partition coefficient (Wildman–Crippen LogP) is 8.78. The number of anilines is 1. The molecule has 0 aromatic heterocycles. The largest absolute Gasteiger partial charge is 0.381 e. The van der Waals surface area contributed by atoms with Crippen LogP contribution in [0.2, 0.25) is 0 Å². The third-order valence-corrected chi connectivity index (χ3v) is 11.3. The molecule has 44 heavy (non-hydrogen) atoms. The number of rotatable bonds is 17. The molecule has 10 heteroatoms. The zero-order chi connectivity index (χ0) is 32.3. The summed E-state index contributed by atoms with van der Waals surface area (Å²) in [7, 11) is -3.97. The molecule has 2 unspecified atom stereocenters. The number of hydrogen-bond donors (Lipinski definition) is 1. The SMILES string of the molecule is CCCCOCCCN1C(C(Cl)C(=O)Nc2cc(C(C)(C)C)ccc2SCC(CC)CCCC)=Nc2ccccc2S1(=O)=O. The van der Waals surface area contributed by atoms with Gasteiger partial charge < -0.3 is 10.1 Å². The normalized spacial score (nSPS) is 15.8. The Balaban J connectivity index is 1.89. The monoisotopic (exact) mass is 663 g/mol. The molecule has 0 aliphatic carbocycles. The number of ether oxygens (including phenoxy) is 1. The zero-order valence-corrected chi connectivity index (χ0v) is 29.6. The van der Waals surface area contributed by atoms with E-state index in [0.717, 1.165) is 35.5 Å². The van der Waals surface area contributed by atoms with Crippen LogP contribution in [0.25, 0.3) is 0 Å². The molecule has 2 aromatic carbocycles. The number of aliphatic imine (C=N–C) groups is 1. The number of carbonyl (C=O) groups is 1. The second kappa shape index (κ2) is 17.0. The lowest BCUT2D eigenvalue weighted by molar-refractivity contribution is -0.114. The number of unbranched alkanes of at least 4 members (excludes halogenated alkanes) is 2. The molecule has 3 rings (SSSR count). The van der Waals surface area contributed by atoms with Crippen LogP contribution in [0, 0.1) is 5.92 Å². The van der Waals surface area contributed by atoms with Crippen molar-refractivity contribution in [2.24, 2.45) is 10.9 Å². The molecule has 0 spiro atoms. The first-order valence-electron chi connectivity index (χ1n) is 15.9. The average molecular weight is 664 g/mol. The number of benzene rings is 2. The van der Waals surface area contributed by atoms with Crippen LogP contribution in [-0.2, 0) is 25.0 Å². The zero-order valence-electron chi connectivity index (χ0n) is 27.2. The van der Waals surface area contributed by atoms with E-state index in [2.05, 4.69) is 64.0 Å². The fourth-order valence-corrected chi connectivity index (χ4v) is 8.06. The van der Waals surface area contributed by atoms with Crippen LogP contribution < -0.4 is 5.32 Å². The molecule has 7 nitrogen and oxygen atoms in total. The molecule has 1 heterocycles. The summed E-state index contributed by atoms with van der Waals surface area (Å²) < 4.78 is 34.3. The number of amides is 1. The number of carbonyl (C=O) groups excluding carboxylic acids is 1. The Hall–Kier alpha value is -2.07. The van der Waals surface area contributed by atoms with E-state index in [1.165, 1.54) is 29.6 Å². The Labute approximate surface area is 274 Å². The Morgan fingerprint density at radius 1 is 1.05 bits per heavy atom. The highest BCUT2D eigenvalue weighted by molar-refractivity contribution is 7.99. The molecule has 1 N–H and O–H groups in total. The topological polar surface area (TPSA) is 88.1 Å². The van der Waals surface area contributed by atoms with Gasteiger partial charge >= 0.3 is 0 Å². The smallest absolute Gasteiger partial charge is 0.267 e. The van der Waals surface area contributed by atoms with E-state index in [9.17, 15) is 13.2 Å². The van der Waals surface area contributed by atoms with Crippen LogP contribution in [0.15, 0.2) is 57.2 Å². The number of para-hydroxylation sites is 1. The number of halogens is 1. The molecule has 0 bridgehead atoms. The number of hydrogen-bond acceptors (Lipinski definition) is 6. The van der Waals surface area contributed by atoms with E-state index >= 15 is 0 Å². The molecule has 2 atom stereocenters. The summed E-state index contributed by atoms with van der Waals surface area (Å²) in [6.45, 7) is 14.1. The van der Waals surface area contributed by atoms with Crippen molar-refractivity contribution >= 4 is 56.5 Å². The molecule has 1 aliphatic heterocycles. The maximum Gasteiger partial charge on any atom is 0.267 e. The number of sulfonamides is 1. The highest BCUT2D eigenvalue weighted by Crippen LogP contribution is 2.37. The maximum atomic E-state index is 13.8. The van der Waals surface area contributed by atoms with Gasteiger partial charge in [-0.1, -0.05) is 85.4 Å². The first-order chi connectivity index (χ1) is 20.9. The van der Waals surface area contributed by atoms with Crippen LogP contribution in [0.5, 0.6) is 0 Å². The Bertz CT molecular complexity index is 1370. The third kappa shape index (κ3) is 9.71. The van der Waals surface area contributed by atoms with Gasteiger partial charge in [-0.15, -0.1) is 23.4 Å². The van der Waals surface area contributed by atoms with E-state index in [-0.39, 0.29) is 28.4 Å². The molecule has 0 fully saturated rings. The first-order valence-corrected chi connectivity index (χ1v) is 18.8. The minimum Gasteiger partial charge on any atom is -0.381 e. The van der Waals surface area contributed by atoms with Gasteiger partial charge in [0, 0.05) is 30.4 Å². The summed E-state index contributed by atoms with van der Waals surface area (Å²) in [4.78, 5) is 19.5. The van der Waals surface area contributed by atoms with Crippen molar-refractivity contribution in [3.63, 3.8) is 0 Å². The molecule has 1 aliphatic rings. The van der Waals surface area contributed by atoms with Gasteiger partial charge in [0.2, 0.25) is 5.91 Å². The van der Waals surface area contributed by atoms with Crippen molar-refractivity contribution < 1.29 is 17.9 Å². The summed E-state index contributed by atoms with van der Waals surface area (Å²) >= 11 is 8.57. The molecular weight excluding hydrogens is 614 g/mol. The summed E-state index contributed by atoms with van der Waals surface area (Å²) in [6.07, 6.45) is 7.07. The lowest BCUT2D eigenvalue weighted by Gasteiger charge is -2.31. The van der Waals surface area contributed by atoms with Crippen LogP contribution in [0.3, 0.4) is 0 Å². The highest BCUT2D eigenvalue weighted by Gasteiger charge is 2.39. The van der Waals surface area contributed by atoms with Crippen molar-refractivity contribution in [3.05, 3.63) is 48.0 Å². The Morgan fingerprint density at radius 3 is 2.43 bits per heavy atom. The van der Waals surface area contributed by atoms with Gasteiger partial charge in [-0.25, -0.2) is 13.4 Å². The maximum absolute atomic E-state index is 13.8. The number of nitrogens with one attached hydrogen (secondary N) is 1. The van der Waals surface area contributed by atoms with Crippen molar-refractivity contribution in [2.45, 2.75) is 107 Å². The lowest BCUT2D eigenvalue weighted by Crippen LogP contribution is -2.47. The van der Waals surface area contributed by atoms with Gasteiger partial charge in [-0.2, -0.15) is 0 Å². The standard InChI is InChI=1S/C34H50ClN3O4S2/c1-7-10-15-25(9-3)24-43-29-19-18-26(34(4,5)6)23-28(29)37-33(39)31(35)32-36-27-16-12-13-17-30(27)44(40,41)38(32)20-14-22-42-21-11-8-2/h12-13,16-19,23,25,31H,7-11,14-15,20-22,24H2,1-6H3,(H,37,39). The number of alkyl halides is 1. The van der Waals surface area contributed by atoms with Crippen molar-refractivity contribution in [1.29, 1.82) is 0 Å².